The van der Waals surface area contributed by atoms with Crippen LogP contribution in [0.4, 0.5) is 0 Å². The molecular weight excluding hydrogens is 601 g/mol. The molecule has 1 aliphatic rings. The maximum atomic E-state index is 2.49. The molecule has 10 aromatic rings. The zero-order valence-electron chi connectivity index (χ0n) is 26.7. The fourth-order valence-corrected chi connectivity index (χ4v) is 9.86. The minimum absolute atomic E-state index is 0.0671. The van der Waals surface area contributed by atoms with Gasteiger partial charge in [0.2, 0.25) is 0 Å². The van der Waals surface area contributed by atoms with Gasteiger partial charge in [-0.25, -0.2) is 0 Å². The van der Waals surface area contributed by atoms with Gasteiger partial charge in [0, 0.05) is 58.5 Å². The SMILES string of the molecule is CC1(C)c2ccccc2-c2ccc(-n3c4ccccc4c4cc5c6c7c(ccc6n(-c6ccccc6)c5cc43)sc3ccccc37)cc21. The highest BCUT2D eigenvalue weighted by atomic mass is 32.1. The summed E-state index contributed by atoms with van der Waals surface area (Å²) in [4.78, 5) is 0. The second-order valence-corrected chi connectivity index (χ2v) is 14.8. The van der Waals surface area contributed by atoms with E-state index in [1.165, 1.54) is 97.4 Å². The van der Waals surface area contributed by atoms with Crippen LogP contribution in [0, 0.1) is 0 Å². The van der Waals surface area contributed by atoms with Gasteiger partial charge in [-0.2, -0.15) is 0 Å². The molecule has 0 N–H and O–H groups in total. The number of aromatic nitrogens is 2. The van der Waals surface area contributed by atoms with E-state index in [-0.39, 0.29) is 5.41 Å². The third-order valence-corrected chi connectivity index (χ3v) is 12.0. The van der Waals surface area contributed by atoms with Crippen LogP contribution in [0.1, 0.15) is 25.0 Å². The molecule has 0 atom stereocenters. The Hall–Kier alpha value is -5.64. The molecule has 0 saturated carbocycles. The summed E-state index contributed by atoms with van der Waals surface area (Å²) in [7, 11) is 0. The third kappa shape index (κ3) is 3.31. The van der Waals surface area contributed by atoms with E-state index < -0.39 is 0 Å². The van der Waals surface area contributed by atoms with Gasteiger partial charge in [0.1, 0.15) is 0 Å². The van der Waals surface area contributed by atoms with Crippen LogP contribution in [-0.4, -0.2) is 9.13 Å². The Morgan fingerprint density at radius 3 is 2.02 bits per heavy atom. The van der Waals surface area contributed by atoms with E-state index >= 15 is 0 Å². The molecule has 2 nitrogen and oxygen atoms in total. The van der Waals surface area contributed by atoms with Gasteiger partial charge >= 0.3 is 0 Å². The fraction of sp³-hybridized carbons (Fsp3) is 0.0667. The van der Waals surface area contributed by atoms with Gasteiger partial charge in [0.05, 0.1) is 22.1 Å². The molecule has 11 rings (SSSR count). The molecule has 3 heterocycles. The second-order valence-electron chi connectivity index (χ2n) is 13.7. The smallest absolute Gasteiger partial charge is 0.0562 e. The van der Waals surface area contributed by atoms with Crippen molar-refractivity contribution in [2.24, 2.45) is 0 Å². The van der Waals surface area contributed by atoms with Crippen molar-refractivity contribution in [1.29, 1.82) is 0 Å². The van der Waals surface area contributed by atoms with Crippen molar-refractivity contribution in [1.82, 2.24) is 9.13 Å². The molecule has 1 aliphatic carbocycles. The maximum absolute atomic E-state index is 2.49. The first-order chi connectivity index (χ1) is 23.6. The van der Waals surface area contributed by atoms with Crippen molar-refractivity contribution in [2.75, 3.05) is 0 Å². The number of fused-ring (bicyclic) bond motifs is 13. The number of benzene rings is 7. The summed E-state index contributed by atoms with van der Waals surface area (Å²) in [5.74, 6) is 0. The van der Waals surface area contributed by atoms with Crippen LogP contribution in [0.5, 0.6) is 0 Å². The lowest BCUT2D eigenvalue weighted by atomic mass is 9.82. The minimum Gasteiger partial charge on any atom is -0.309 e. The number of para-hydroxylation sites is 2. The summed E-state index contributed by atoms with van der Waals surface area (Å²) >= 11 is 1.89. The van der Waals surface area contributed by atoms with Gasteiger partial charge in [0.15, 0.2) is 0 Å². The Kier molecular flexibility index (Phi) is 5.09. The Bertz CT molecular complexity index is 2970. The number of hydrogen-bond donors (Lipinski definition) is 0. The number of hydrogen-bond acceptors (Lipinski definition) is 1. The molecule has 0 radical (unpaired) electrons. The van der Waals surface area contributed by atoms with Gasteiger partial charge < -0.3 is 9.13 Å². The monoisotopic (exact) mass is 630 g/mol. The summed E-state index contributed by atoms with van der Waals surface area (Å²) in [5, 5.41) is 7.88. The van der Waals surface area contributed by atoms with Gasteiger partial charge in [-0.15, -0.1) is 11.3 Å². The average Bonchev–Trinajstić information content (AvgIpc) is 3.83. The number of thiophene rings is 1. The van der Waals surface area contributed by atoms with Crippen molar-refractivity contribution in [3.63, 3.8) is 0 Å². The molecule has 7 aromatic carbocycles. The molecule has 0 aliphatic heterocycles. The summed E-state index contributed by atoms with van der Waals surface area (Å²) in [6.45, 7) is 4.73. The van der Waals surface area contributed by atoms with Crippen LogP contribution in [0.2, 0.25) is 0 Å². The van der Waals surface area contributed by atoms with Crippen LogP contribution in [0.3, 0.4) is 0 Å². The van der Waals surface area contributed by atoms with Gasteiger partial charge in [-0.3, -0.25) is 0 Å². The van der Waals surface area contributed by atoms with Gasteiger partial charge in [-0.1, -0.05) is 98.8 Å². The largest absolute Gasteiger partial charge is 0.309 e. The summed E-state index contributed by atoms with van der Waals surface area (Å²) < 4.78 is 7.63. The summed E-state index contributed by atoms with van der Waals surface area (Å²) in [5.41, 5.74) is 12.7. The van der Waals surface area contributed by atoms with Crippen LogP contribution >= 0.6 is 11.3 Å². The first-order valence-corrected chi connectivity index (χ1v) is 17.5. The van der Waals surface area contributed by atoms with E-state index in [1.54, 1.807) is 0 Å². The van der Waals surface area contributed by atoms with Crippen molar-refractivity contribution < 1.29 is 0 Å². The van der Waals surface area contributed by atoms with Crippen molar-refractivity contribution in [3.05, 3.63) is 157 Å². The lowest BCUT2D eigenvalue weighted by Gasteiger charge is -2.22. The quantitative estimate of drug-likeness (QED) is 0.180. The first-order valence-electron chi connectivity index (χ1n) is 16.7. The highest BCUT2D eigenvalue weighted by Gasteiger charge is 2.35. The van der Waals surface area contributed by atoms with Crippen LogP contribution in [0.25, 0.3) is 86.3 Å². The normalized spacial score (nSPS) is 13.8. The van der Waals surface area contributed by atoms with E-state index in [0.29, 0.717) is 0 Å². The van der Waals surface area contributed by atoms with Crippen molar-refractivity contribution in [2.45, 2.75) is 19.3 Å². The molecule has 226 valence electrons. The summed E-state index contributed by atoms with van der Waals surface area (Å²) in [6, 6.07) is 54.2. The second kappa shape index (κ2) is 9.25. The lowest BCUT2D eigenvalue weighted by Crippen LogP contribution is -2.15. The standard InChI is InChI=1S/C45H30N2S/c1-45(2)35-17-9-6-14-29(35)30-21-20-28(24-36(30)45)47-37-18-10-7-15-31(37)33-25-34-40(26-39(33)47)46(27-12-4-3-5-13-27)38-22-23-42-44(43(34)38)32-16-8-11-19-41(32)48-42/h3-26H,1-2H3. The topological polar surface area (TPSA) is 9.86 Å². The molecule has 0 unspecified atom stereocenters. The highest BCUT2D eigenvalue weighted by molar-refractivity contribution is 7.26. The Morgan fingerprint density at radius 1 is 0.417 bits per heavy atom. The first kappa shape index (κ1) is 26.4. The molecule has 0 spiro atoms. The van der Waals surface area contributed by atoms with Crippen LogP contribution in [-0.2, 0) is 5.41 Å². The number of rotatable bonds is 2. The predicted molar refractivity (Wildman–Crippen MR) is 206 cm³/mol. The van der Waals surface area contributed by atoms with E-state index in [9.17, 15) is 0 Å². The fourth-order valence-electron chi connectivity index (χ4n) is 8.75. The average molecular weight is 631 g/mol. The molecule has 0 bridgehead atoms. The zero-order valence-corrected chi connectivity index (χ0v) is 27.5. The maximum Gasteiger partial charge on any atom is 0.0562 e. The Labute approximate surface area is 281 Å². The van der Waals surface area contributed by atoms with E-state index in [2.05, 4.69) is 169 Å². The third-order valence-electron chi connectivity index (χ3n) is 10.9. The molecule has 48 heavy (non-hydrogen) atoms. The zero-order chi connectivity index (χ0) is 31.7. The molecule has 3 aromatic heterocycles. The summed E-state index contributed by atoms with van der Waals surface area (Å²) in [6.07, 6.45) is 0. The van der Waals surface area contributed by atoms with Gasteiger partial charge in [0.25, 0.3) is 0 Å². The molecule has 0 amide bonds. The Morgan fingerprint density at radius 2 is 1.12 bits per heavy atom. The predicted octanol–water partition coefficient (Wildman–Crippen LogP) is 12.6. The van der Waals surface area contributed by atoms with Crippen molar-refractivity contribution >= 4 is 75.1 Å². The Balaban J connectivity index is 1.29. The van der Waals surface area contributed by atoms with Crippen LogP contribution in [0.15, 0.2) is 146 Å². The van der Waals surface area contributed by atoms with Crippen LogP contribution < -0.4 is 0 Å². The van der Waals surface area contributed by atoms with Crippen molar-refractivity contribution in [3.8, 4) is 22.5 Å². The molecule has 0 saturated heterocycles. The van der Waals surface area contributed by atoms with E-state index in [1.807, 2.05) is 11.3 Å². The number of nitrogens with zero attached hydrogens (tertiary/aromatic N) is 2. The molecule has 3 heteroatoms. The lowest BCUT2D eigenvalue weighted by molar-refractivity contribution is 0.660. The molecular formula is C45H30N2S. The van der Waals surface area contributed by atoms with E-state index in [4.69, 9.17) is 0 Å². The minimum atomic E-state index is -0.0671. The highest BCUT2D eigenvalue weighted by Crippen LogP contribution is 2.50. The van der Waals surface area contributed by atoms with Gasteiger partial charge in [-0.05, 0) is 82.9 Å². The van der Waals surface area contributed by atoms with E-state index in [0.717, 1.165) is 0 Å². The molecule has 0 fully saturated rings.